The first kappa shape index (κ1) is 14.4. The molecular formula is C17H17ClN2. The summed E-state index contributed by atoms with van der Waals surface area (Å²) in [6, 6.07) is 22.4. The van der Waals surface area contributed by atoms with Crippen molar-refractivity contribution in [1.82, 2.24) is 4.57 Å². The van der Waals surface area contributed by atoms with Crippen LogP contribution in [0.4, 0.5) is 0 Å². The van der Waals surface area contributed by atoms with Crippen LogP contribution in [0.25, 0.3) is 5.69 Å². The number of nitrogens with two attached hydrogens (primary N) is 1. The maximum atomic E-state index is 6.41. The van der Waals surface area contributed by atoms with E-state index in [2.05, 4.69) is 28.8 Å². The average molecular weight is 285 g/mol. The standard InChI is InChI=1S/C17H16N2.ClH/c18-17(14-8-2-1-3-9-14)15-10-4-5-11-16(15)19-12-6-7-13-19;/h1-13,17H,18H2;1H. The summed E-state index contributed by atoms with van der Waals surface area (Å²) in [6.07, 6.45) is 4.08. The molecule has 0 bridgehead atoms. The Balaban J connectivity index is 0.00000147. The molecule has 0 amide bonds. The first-order valence-electron chi connectivity index (χ1n) is 6.39. The van der Waals surface area contributed by atoms with Crippen LogP contribution >= 0.6 is 12.4 Å². The van der Waals surface area contributed by atoms with Gasteiger partial charge in [-0.05, 0) is 29.3 Å². The van der Waals surface area contributed by atoms with Crippen molar-refractivity contribution >= 4 is 12.4 Å². The molecule has 1 atom stereocenters. The fourth-order valence-electron chi connectivity index (χ4n) is 2.32. The summed E-state index contributed by atoms with van der Waals surface area (Å²) in [4.78, 5) is 0. The molecule has 0 saturated heterocycles. The zero-order chi connectivity index (χ0) is 13.1. The van der Waals surface area contributed by atoms with Crippen LogP contribution in [-0.4, -0.2) is 4.57 Å². The highest BCUT2D eigenvalue weighted by atomic mass is 35.5. The normalized spacial score (nSPS) is 11.7. The number of aromatic nitrogens is 1. The molecule has 2 aromatic carbocycles. The number of benzene rings is 2. The Hall–Kier alpha value is -2.03. The zero-order valence-corrected chi connectivity index (χ0v) is 11.8. The van der Waals surface area contributed by atoms with Gasteiger partial charge < -0.3 is 10.3 Å². The van der Waals surface area contributed by atoms with Crippen molar-refractivity contribution in [2.75, 3.05) is 0 Å². The Labute approximate surface area is 125 Å². The first-order chi connectivity index (χ1) is 9.36. The minimum atomic E-state index is -0.111. The second kappa shape index (κ2) is 6.42. The van der Waals surface area contributed by atoms with Crippen LogP contribution in [0.1, 0.15) is 17.2 Å². The van der Waals surface area contributed by atoms with Gasteiger partial charge in [0.05, 0.1) is 11.7 Å². The number of hydrogen-bond donors (Lipinski definition) is 1. The molecule has 0 saturated carbocycles. The Morgan fingerprint density at radius 1 is 0.750 bits per heavy atom. The number of rotatable bonds is 3. The molecule has 0 aliphatic heterocycles. The van der Waals surface area contributed by atoms with Gasteiger partial charge in [0.2, 0.25) is 0 Å². The molecule has 0 fully saturated rings. The molecule has 3 rings (SSSR count). The lowest BCUT2D eigenvalue weighted by molar-refractivity contribution is 0.852. The molecular weight excluding hydrogens is 268 g/mol. The monoisotopic (exact) mass is 284 g/mol. The highest BCUT2D eigenvalue weighted by Gasteiger charge is 2.13. The Morgan fingerprint density at radius 2 is 1.35 bits per heavy atom. The van der Waals surface area contributed by atoms with Gasteiger partial charge in [-0.3, -0.25) is 0 Å². The third-order valence-corrected chi connectivity index (χ3v) is 3.31. The van der Waals surface area contributed by atoms with Crippen molar-refractivity contribution in [2.45, 2.75) is 6.04 Å². The molecule has 102 valence electrons. The Kier molecular flexibility index (Phi) is 4.61. The van der Waals surface area contributed by atoms with E-state index in [-0.39, 0.29) is 18.4 Å². The van der Waals surface area contributed by atoms with E-state index in [4.69, 9.17) is 5.73 Å². The van der Waals surface area contributed by atoms with Gasteiger partial charge in [0.25, 0.3) is 0 Å². The number of hydrogen-bond acceptors (Lipinski definition) is 1. The number of nitrogens with zero attached hydrogens (tertiary/aromatic N) is 1. The highest BCUT2D eigenvalue weighted by Crippen LogP contribution is 2.25. The SMILES string of the molecule is Cl.NC(c1ccccc1)c1ccccc1-n1cccc1. The van der Waals surface area contributed by atoms with E-state index in [1.165, 1.54) is 0 Å². The van der Waals surface area contributed by atoms with Crippen molar-refractivity contribution in [3.63, 3.8) is 0 Å². The molecule has 0 radical (unpaired) electrons. The molecule has 0 aliphatic rings. The quantitative estimate of drug-likeness (QED) is 0.776. The van der Waals surface area contributed by atoms with E-state index in [1.54, 1.807) is 0 Å². The van der Waals surface area contributed by atoms with E-state index in [0.717, 1.165) is 16.8 Å². The van der Waals surface area contributed by atoms with E-state index >= 15 is 0 Å². The van der Waals surface area contributed by atoms with Gasteiger partial charge in [-0.25, -0.2) is 0 Å². The average Bonchev–Trinajstić information content (AvgIpc) is 3.01. The van der Waals surface area contributed by atoms with Crippen molar-refractivity contribution in [2.24, 2.45) is 5.73 Å². The predicted molar refractivity (Wildman–Crippen MR) is 85.5 cm³/mol. The summed E-state index contributed by atoms with van der Waals surface area (Å²) in [5.74, 6) is 0. The minimum absolute atomic E-state index is 0. The largest absolute Gasteiger partial charge is 0.324 e. The van der Waals surface area contributed by atoms with Crippen molar-refractivity contribution in [1.29, 1.82) is 0 Å². The fraction of sp³-hybridized carbons (Fsp3) is 0.0588. The lowest BCUT2D eigenvalue weighted by Crippen LogP contribution is -2.14. The molecule has 2 N–H and O–H groups in total. The molecule has 1 aromatic heterocycles. The summed E-state index contributed by atoms with van der Waals surface area (Å²) < 4.78 is 2.10. The van der Waals surface area contributed by atoms with E-state index in [0.29, 0.717) is 0 Å². The number of para-hydroxylation sites is 1. The molecule has 2 nitrogen and oxygen atoms in total. The summed E-state index contributed by atoms with van der Waals surface area (Å²) in [5.41, 5.74) is 9.79. The summed E-state index contributed by atoms with van der Waals surface area (Å²) in [6.45, 7) is 0. The van der Waals surface area contributed by atoms with E-state index in [1.807, 2.05) is 54.9 Å². The van der Waals surface area contributed by atoms with Gasteiger partial charge in [0.15, 0.2) is 0 Å². The van der Waals surface area contributed by atoms with Gasteiger partial charge in [0, 0.05) is 12.4 Å². The van der Waals surface area contributed by atoms with Crippen LogP contribution in [0.5, 0.6) is 0 Å². The van der Waals surface area contributed by atoms with Crippen LogP contribution < -0.4 is 5.73 Å². The zero-order valence-electron chi connectivity index (χ0n) is 11.0. The maximum absolute atomic E-state index is 6.41. The molecule has 0 aliphatic carbocycles. The molecule has 3 aromatic rings. The highest BCUT2D eigenvalue weighted by molar-refractivity contribution is 5.85. The summed E-state index contributed by atoms with van der Waals surface area (Å²) in [5, 5.41) is 0. The van der Waals surface area contributed by atoms with Crippen molar-refractivity contribution < 1.29 is 0 Å². The van der Waals surface area contributed by atoms with Crippen molar-refractivity contribution in [3.05, 3.63) is 90.3 Å². The van der Waals surface area contributed by atoms with Crippen LogP contribution in [0.15, 0.2) is 79.1 Å². The van der Waals surface area contributed by atoms with Gasteiger partial charge in [-0.1, -0.05) is 48.5 Å². The van der Waals surface area contributed by atoms with Gasteiger partial charge in [-0.2, -0.15) is 0 Å². The third-order valence-electron chi connectivity index (χ3n) is 3.31. The van der Waals surface area contributed by atoms with Gasteiger partial charge >= 0.3 is 0 Å². The van der Waals surface area contributed by atoms with Crippen molar-refractivity contribution in [3.8, 4) is 5.69 Å². The first-order valence-corrected chi connectivity index (χ1v) is 6.39. The molecule has 3 heteroatoms. The van der Waals surface area contributed by atoms with E-state index < -0.39 is 0 Å². The molecule has 0 spiro atoms. The molecule has 1 heterocycles. The lowest BCUT2D eigenvalue weighted by Gasteiger charge is -2.17. The predicted octanol–water partition coefficient (Wildman–Crippen LogP) is 3.95. The van der Waals surface area contributed by atoms with Gasteiger partial charge in [-0.15, -0.1) is 12.4 Å². The summed E-state index contributed by atoms with van der Waals surface area (Å²) >= 11 is 0. The van der Waals surface area contributed by atoms with Crippen LogP contribution in [0.3, 0.4) is 0 Å². The fourth-order valence-corrected chi connectivity index (χ4v) is 2.32. The second-order valence-electron chi connectivity index (χ2n) is 4.54. The van der Waals surface area contributed by atoms with Gasteiger partial charge in [0.1, 0.15) is 0 Å². The minimum Gasteiger partial charge on any atom is -0.324 e. The summed E-state index contributed by atoms with van der Waals surface area (Å²) in [7, 11) is 0. The maximum Gasteiger partial charge on any atom is 0.0572 e. The van der Waals surface area contributed by atoms with Crippen LogP contribution in [0, 0.1) is 0 Å². The smallest absolute Gasteiger partial charge is 0.0572 e. The molecule has 1 unspecified atom stereocenters. The number of halogens is 1. The molecule has 20 heavy (non-hydrogen) atoms. The Bertz CT molecular complexity index is 648. The Morgan fingerprint density at radius 3 is 2.05 bits per heavy atom. The topological polar surface area (TPSA) is 30.9 Å². The van der Waals surface area contributed by atoms with Crippen LogP contribution in [-0.2, 0) is 0 Å². The van der Waals surface area contributed by atoms with E-state index in [9.17, 15) is 0 Å². The third kappa shape index (κ3) is 2.77. The second-order valence-corrected chi connectivity index (χ2v) is 4.54. The van der Waals surface area contributed by atoms with Crippen LogP contribution in [0.2, 0.25) is 0 Å². The lowest BCUT2D eigenvalue weighted by atomic mass is 9.98.